The van der Waals surface area contributed by atoms with Crippen LogP contribution in [0.1, 0.15) is 35.5 Å². The molecule has 0 saturated heterocycles. The summed E-state index contributed by atoms with van der Waals surface area (Å²) < 4.78 is 0. The van der Waals surface area contributed by atoms with Crippen LogP contribution in [0.15, 0.2) is 4.79 Å². The highest BCUT2D eigenvalue weighted by Crippen LogP contribution is 2.07. The topological polar surface area (TPSA) is 95.1 Å². The van der Waals surface area contributed by atoms with Gasteiger partial charge in [0, 0.05) is 12.6 Å². The summed E-state index contributed by atoms with van der Waals surface area (Å²) in [5.41, 5.74) is 0.765. The Morgan fingerprint density at radius 2 is 2.06 bits per heavy atom. The second-order valence-electron chi connectivity index (χ2n) is 4.56. The summed E-state index contributed by atoms with van der Waals surface area (Å²) in [7, 11) is 0. The van der Waals surface area contributed by atoms with Gasteiger partial charge in [0.05, 0.1) is 5.69 Å². The molecule has 18 heavy (non-hydrogen) atoms. The van der Waals surface area contributed by atoms with E-state index in [-0.39, 0.29) is 24.1 Å². The van der Waals surface area contributed by atoms with Crippen LogP contribution in [-0.2, 0) is 0 Å². The molecule has 1 aromatic heterocycles. The van der Waals surface area contributed by atoms with Crippen LogP contribution in [0.5, 0.6) is 0 Å². The molecular weight excluding hydrogens is 234 g/mol. The first-order valence-corrected chi connectivity index (χ1v) is 5.86. The van der Waals surface area contributed by atoms with Gasteiger partial charge in [-0.05, 0) is 32.3 Å². The maximum atomic E-state index is 12.0. The highest BCUT2D eigenvalue weighted by atomic mass is 16.3. The number of amides is 1. The molecule has 6 nitrogen and oxygen atoms in total. The number of aromatic nitrogens is 2. The normalized spacial score (nSPS) is 14.1. The number of aliphatic hydroxyl groups is 1. The van der Waals surface area contributed by atoms with Gasteiger partial charge in [-0.25, -0.2) is 5.10 Å². The molecule has 0 saturated carbocycles. The third-order valence-electron chi connectivity index (χ3n) is 3.20. The van der Waals surface area contributed by atoms with Crippen LogP contribution in [0.3, 0.4) is 0 Å². The highest BCUT2D eigenvalue weighted by molar-refractivity contribution is 5.95. The molecule has 1 amide bonds. The van der Waals surface area contributed by atoms with E-state index in [1.54, 1.807) is 20.8 Å². The van der Waals surface area contributed by atoms with Gasteiger partial charge in [0.15, 0.2) is 0 Å². The fourth-order valence-electron chi connectivity index (χ4n) is 1.48. The minimum absolute atomic E-state index is 0.0217. The van der Waals surface area contributed by atoms with Crippen LogP contribution < -0.4 is 10.9 Å². The Hall–Kier alpha value is -1.69. The average molecular weight is 253 g/mol. The number of nitrogens with one attached hydrogen (secondary N) is 2. The number of hydrogen-bond acceptors (Lipinski definition) is 4. The van der Waals surface area contributed by atoms with Crippen molar-refractivity contribution >= 4 is 5.91 Å². The van der Waals surface area contributed by atoms with Crippen molar-refractivity contribution in [2.75, 3.05) is 6.61 Å². The van der Waals surface area contributed by atoms with Crippen LogP contribution in [0.2, 0.25) is 0 Å². The molecule has 0 bridgehead atoms. The second-order valence-corrected chi connectivity index (χ2v) is 4.56. The molecule has 0 spiro atoms. The van der Waals surface area contributed by atoms with Gasteiger partial charge >= 0.3 is 0 Å². The quantitative estimate of drug-likeness (QED) is 0.711. The van der Waals surface area contributed by atoms with E-state index in [4.69, 9.17) is 5.11 Å². The van der Waals surface area contributed by atoms with Crippen molar-refractivity contribution in [2.45, 2.75) is 33.7 Å². The molecule has 0 aliphatic heterocycles. The van der Waals surface area contributed by atoms with Gasteiger partial charge in [0.2, 0.25) is 0 Å². The Morgan fingerprint density at radius 1 is 1.44 bits per heavy atom. The van der Waals surface area contributed by atoms with Crippen molar-refractivity contribution in [2.24, 2.45) is 5.92 Å². The van der Waals surface area contributed by atoms with Gasteiger partial charge in [-0.3, -0.25) is 9.59 Å². The molecule has 0 radical (unpaired) electrons. The molecule has 100 valence electrons. The number of hydrogen-bond donors (Lipinski definition) is 3. The number of aryl methyl sites for hydroxylation is 1. The predicted molar refractivity (Wildman–Crippen MR) is 67.5 cm³/mol. The second kappa shape index (κ2) is 5.77. The monoisotopic (exact) mass is 253 g/mol. The molecule has 3 N–H and O–H groups in total. The van der Waals surface area contributed by atoms with Crippen molar-refractivity contribution in [1.82, 2.24) is 15.5 Å². The van der Waals surface area contributed by atoms with Crippen LogP contribution in [0, 0.1) is 19.8 Å². The lowest BCUT2D eigenvalue weighted by Gasteiger charge is -2.19. The van der Waals surface area contributed by atoms with E-state index in [1.807, 2.05) is 6.92 Å². The molecule has 0 aliphatic carbocycles. The zero-order valence-electron chi connectivity index (χ0n) is 11.1. The molecule has 0 aliphatic rings. The van der Waals surface area contributed by atoms with Gasteiger partial charge in [-0.1, -0.05) is 6.92 Å². The molecule has 2 unspecified atom stereocenters. The Kier molecular flexibility index (Phi) is 4.61. The molecular formula is C12H19N3O3. The lowest BCUT2D eigenvalue weighted by Crippen LogP contribution is -2.41. The van der Waals surface area contributed by atoms with Crippen molar-refractivity contribution in [3.63, 3.8) is 0 Å². The summed E-state index contributed by atoms with van der Waals surface area (Å²) in [5, 5.41) is 17.8. The number of nitrogens with zero attached hydrogens (tertiary/aromatic N) is 1. The standard InChI is InChI=1S/C12H19N3O3/c1-6(5-16)8(3)13-11(17)10-7(2)9(4)14-15-12(10)18/h6,8,16H,5H2,1-4H3,(H,13,17)(H,15,18). The first kappa shape index (κ1) is 14.4. The van der Waals surface area contributed by atoms with Crippen molar-refractivity contribution in [1.29, 1.82) is 0 Å². The third kappa shape index (κ3) is 2.95. The SMILES string of the molecule is Cc1n[nH]c(=O)c(C(=O)NC(C)C(C)CO)c1C. The van der Waals surface area contributed by atoms with Crippen LogP contribution in [0.4, 0.5) is 0 Å². The molecule has 1 heterocycles. The Morgan fingerprint density at radius 3 is 2.61 bits per heavy atom. The molecule has 2 atom stereocenters. The van der Waals surface area contributed by atoms with E-state index >= 15 is 0 Å². The van der Waals surface area contributed by atoms with Gasteiger partial charge < -0.3 is 10.4 Å². The van der Waals surface area contributed by atoms with E-state index < -0.39 is 11.5 Å². The Labute approximate surface area is 105 Å². The zero-order chi connectivity index (χ0) is 13.9. The number of H-pyrrole nitrogens is 1. The number of rotatable bonds is 4. The largest absolute Gasteiger partial charge is 0.396 e. The summed E-state index contributed by atoms with van der Waals surface area (Å²) in [6, 6.07) is -0.213. The summed E-state index contributed by atoms with van der Waals surface area (Å²) >= 11 is 0. The minimum Gasteiger partial charge on any atom is -0.396 e. The van der Waals surface area contributed by atoms with Crippen molar-refractivity contribution in [3.05, 3.63) is 27.2 Å². The fraction of sp³-hybridized carbons (Fsp3) is 0.583. The number of carbonyl (C=O) groups excluding carboxylic acids is 1. The van der Waals surface area contributed by atoms with Crippen LogP contribution in [-0.4, -0.2) is 33.9 Å². The number of aromatic amines is 1. The van der Waals surface area contributed by atoms with Gasteiger partial charge in [0.25, 0.3) is 11.5 Å². The Bertz CT molecular complexity index is 496. The first-order chi connectivity index (χ1) is 8.38. The van der Waals surface area contributed by atoms with Crippen LogP contribution >= 0.6 is 0 Å². The summed E-state index contributed by atoms with van der Waals surface area (Å²) in [4.78, 5) is 23.7. The summed E-state index contributed by atoms with van der Waals surface area (Å²) in [6.45, 7) is 7.00. The van der Waals surface area contributed by atoms with E-state index in [0.29, 0.717) is 11.3 Å². The van der Waals surface area contributed by atoms with E-state index in [0.717, 1.165) is 0 Å². The van der Waals surface area contributed by atoms with Crippen molar-refractivity contribution < 1.29 is 9.90 Å². The minimum atomic E-state index is -0.501. The smallest absolute Gasteiger partial charge is 0.277 e. The van der Waals surface area contributed by atoms with Gasteiger partial charge in [0.1, 0.15) is 5.56 Å². The van der Waals surface area contributed by atoms with E-state index in [2.05, 4.69) is 15.5 Å². The van der Waals surface area contributed by atoms with E-state index in [9.17, 15) is 9.59 Å². The Balaban J connectivity index is 2.99. The summed E-state index contributed by atoms with van der Waals surface area (Å²) in [5.74, 6) is -0.511. The molecule has 0 aromatic carbocycles. The zero-order valence-corrected chi connectivity index (χ0v) is 11.1. The maximum absolute atomic E-state index is 12.0. The molecule has 6 heteroatoms. The van der Waals surface area contributed by atoms with Gasteiger partial charge in [-0.15, -0.1) is 0 Å². The first-order valence-electron chi connectivity index (χ1n) is 5.86. The molecule has 0 fully saturated rings. The highest BCUT2D eigenvalue weighted by Gasteiger charge is 2.20. The average Bonchev–Trinajstić information content (AvgIpc) is 2.33. The number of aliphatic hydroxyl groups excluding tert-OH is 1. The van der Waals surface area contributed by atoms with E-state index in [1.165, 1.54) is 0 Å². The molecule has 1 aromatic rings. The van der Waals surface area contributed by atoms with Crippen molar-refractivity contribution in [3.8, 4) is 0 Å². The predicted octanol–water partition coefficient (Wildman–Crippen LogP) is 0.133. The fourth-order valence-corrected chi connectivity index (χ4v) is 1.48. The number of carbonyl (C=O) groups is 1. The third-order valence-corrected chi connectivity index (χ3v) is 3.20. The molecule has 1 rings (SSSR count). The lowest BCUT2D eigenvalue weighted by atomic mass is 10.0. The lowest BCUT2D eigenvalue weighted by molar-refractivity contribution is 0.0913. The summed E-state index contributed by atoms with van der Waals surface area (Å²) in [6.07, 6.45) is 0. The van der Waals surface area contributed by atoms with Crippen LogP contribution in [0.25, 0.3) is 0 Å². The van der Waals surface area contributed by atoms with Gasteiger partial charge in [-0.2, -0.15) is 5.10 Å². The maximum Gasteiger partial charge on any atom is 0.277 e.